The van der Waals surface area contributed by atoms with Gasteiger partial charge in [0.05, 0.1) is 16.9 Å². The molecule has 0 fully saturated rings. The van der Waals surface area contributed by atoms with Crippen molar-refractivity contribution in [2.45, 2.75) is 31.1 Å². The van der Waals surface area contributed by atoms with Crippen LogP contribution < -0.4 is 11.5 Å². The molecule has 0 saturated heterocycles. The molecule has 1 aliphatic rings. The number of benzene rings is 1. The van der Waals surface area contributed by atoms with Gasteiger partial charge >= 0.3 is 0 Å². The SMILES string of the molecule is Nc1nc2cc(CCC3=CC(n4ccc5c(N)ncnc54)C(O)C3O)ccc2cc1F. The number of rotatable bonds is 4. The molecular weight excluding hydrogens is 399 g/mol. The summed E-state index contributed by atoms with van der Waals surface area (Å²) in [7, 11) is 0. The molecule has 3 atom stereocenters. The Bertz CT molecular complexity index is 1330. The van der Waals surface area contributed by atoms with Gasteiger partial charge in [-0.1, -0.05) is 18.2 Å². The second-order valence-electron chi connectivity index (χ2n) is 7.77. The van der Waals surface area contributed by atoms with Gasteiger partial charge in [-0.2, -0.15) is 0 Å². The second-order valence-corrected chi connectivity index (χ2v) is 7.77. The molecule has 0 saturated carbocycles. The Kier molecular flexibility index (Phi) is 4.57. The minimum absolute atomic E-state index is 0.132. The fourth-order valence-electron chi connectivity index (χ4n) is 4.18. The van der Waals surface area contributed by atoms with Gasteiger partial charge in [-0.3, -0.25) is 0 Å². The van der Waals surface area contributed by atoms with Crippen LogP contribution in [0.4, 0.5) is 16.0 Å². The van der Waals surface area contributed by atoms with Crippen LogP contribution in [0.25, 0.3) is 21.9 Å². The minimum Gasteiger partial charge on any atom is -0.388 e. The maximum atomic E-state index is 13.6. The number of aromatic nitrogens is 4. The predicted molar refractivity (Wildman–Crippen MR) is 116 cm³/mol. The zero-order valence-electron chi connectivity index (χ0n) is 16.5. The lowest BCUT2D eigenvalue weighted by molar-refractivity contribution is 0.0317. The molecule has 31 heavy (non-hydrogen) atoms. The van der Waals surface area contributed by atoms with E-state index in [9.17, 15) is 14.6 Å². The first-order valence-corrected chi connectivity index (χ1v) is 9.91. The molecule has 1 aromatic carbocycles. The first kappa shape index (κ1) is 19.4. The normalized spacial score (nSPS) is 21.1. The van der Waals surface area contributed by atoms with Crippen molar-refractivity contribution in [3.05, 3.63) is 65.9 Å². The van der Waals surface area contributed by atoms with E-state index in [0.717, 1.165) is 11.1 Å². The number of nitrogens with two attached hydrogens (primary N) is 2. The van der Waals surface area contributed by atoms with E-state index in [4.69, 9.17) is 11.5 Å². The standard InChI is InChI=1S/C22H21FN6O2/c23-15-8-12-3-1-11(7-16(12)28-21(15)25)2-4-13-9-17(19(31)18(13)30)29-6-5-14-20(24)26-10-27-22(14)29/h1,3,5-10,17-19,30-31H,2,4H2,(H2,25,28)(H2,24,26,27). The number of fused-ring (bicyclic) bond motifs is 2. The Hall–Kier alpha value is -3.56. The number of aryl methyl sites for hydroxylation is 1. The average Bonchev–Trinajstić information content (AvgIpc) is 3.30. The van der Waals surface area contributed by atoms with Crippen LogP contribution in [0.1, 0.15) is 18.0 Å². The van der Waals surface area contributed by atoms with Gasteiger partial charge in [0.1, 0.15) is 30.0 Å². The molecule has 6 N–H and O–H groups in total. The lowest BCUT2D eigenvalue weighted by Crippen LogP contribution is -2.29. The number of halogens is 1. The van der Waals surface area contributed by atoms with Crippen molar-refractivity contribution in [2.75, 3.05) is 11.5 Å². The lowest BCUT2D eigenvalue weighted by Gasteiger charge is -2.19. The van der Waals surface area contributed by atoms with Crippen molar-refractivity contribution in [1.82, 2.24) is 19.5 Å². The largest absolute Gasteiger partial charge is 0.388 e. The molecular formula is C22H21FN6O2. The molecule has 0 spiro atoms. The Morgan fingerprint density at radius 1 is 1.03 bits per heavy atom. The number of hydrogen-bond acceptors (Lipinski definition) is 7. The van der Waals surface area contributed by atoms with Crippen molar-refractivity contribution < 1.29 is 14.6 Å². The van der Waals surface area contributed by atoms with E-state index in [1.54, 1.807) is 22.9 Å². The number of pyridine rings is 1. The topological polar surface area (TPSA) is 136 Å². The summed E-state index contributed by atoms with van der Waals surface area (Å²) in [4.78, 5) is 12.4. The van der Waals surface area contributed by atoms with E-state index in [2.05, 4.69) is 15.0 Å². The highest BCUT2D eigenvalue weighted by Crippen LogP contribution is 2.34. The van der Waals surface area contributed by atoms with E-state index in [-0.39, 0.29) is 5.82 Å². The van der Waals surface area contributed by atoms with Crippen molar-refractivity contribution in [3.63, 3.8) is 0 Å². The number of aliphatic hydroxyl groups excluding tert-OH is 2. The van der Waals surface area contributed by atoms with Crippen molar-refractivity contribution in [3.8, 4) is 0 Å². The smallest absolute Gasteiger partial charge is 0.165 e. The van der Waals surface area contributed by atoms with Gasteiger partial charge in [-0.05, 0) is 42.2 Å². The molecule has 8 nitrogen and oxygen atoms in total. The van der Waals surface area contributed by atoms with E-state index >= 15 is 0 Å². The molecule has 158 valence electrons. The third kappa shape index (κ3) is 3.28. The van der Waals surface area contributed by atoms with Gasteiger partial charge in [0, 0.05) is 11.6 Å². The van der Waals surface area contributed by atoms with E-state index in [1.165, 1.54) is 12.4 Å². The van der Waals surface area contributed by atoms with Crippen LogP contribution in [0, 0.1) is 5.82 Å². The molecule has 0 radical (unpaired) electrons. The molecule has 5 rings (SSSR count). The van der Waals surface area contributed by atoms with Crippen LogP contribution in [0.15, 0.2) is 54.5 Å². The maximum Gasteiger partial charge on any atom is 0.165 e. The summed E-state index contributed by atoms with van der Waals surface area (Å²) in [5.41, 5.74) is 14.4. The third-order valence-electron chi connectivity index (χ3n) is 5.86. The molecule has 3 heterocycles. The van der Waals surface area contributed by atoms with E-state index in [1.807, 2.05) is 18.2 Å². The molecule has 9 heteroatoms. The third-order valence-corrected chi connectivity index (χ3v) is 5.86. The molecule has 3 aromatic heterocycles. The monoisotopic (exact) mass is 420 g/mol. The van der Waals surface area contributed by atoms with Gasteiger partial charge < -0.3 is 26.2 Å². The van der Waals surface area contributed by atoms with E-state index < -0.39 is 24.1 Å². The zero-order valence-corrected chi connectivity index (χ0v) is 16.5. The van der Waals surface area contributed by atoms with Gasteiger partial charge in [0.15, 0.2) is 11.6 Å². The van der Waals surface area contributed by atoms with Crippen molar-refractivity contribution in [2.24, 2.45) is 0 Å². The first-order valence-electron chi connectivity index (χ1n) is 9.91. The summed E-state index contributed by atoms with van der Waals surface area (Å²) in [6, 6.07) is 8.26. The van der Waals surface area contributed by atoms with Crippen LogP contribution in [0.2, 0.25) is 0 Å². The highest BCUT2D eigenvalue weighted by atomic mass is 19.1. The summed E-state index contributed by atoms with van der Waals surface area (Å²) in [6.07, 6.45) is 4.23. The fourth-order valence-corrected chi connectivity index (χ4v) is 4.18. The summed E-state index contributed by atoms with van der Waals surface area (Å²) in [6.45, 7) is 0. The highest BCUT2D eigenvalue weighted by molar-refractivity contribution is 5.86. The van der Waals surface area contributed by atoms with Gasteiger partial charge in [0.25, 0.3) is 0 Å². The number of anilines is 2. The van der Waals surface area contributed by atoms with Crippen LogP contribution >= 0.6 is 0 Å². The first-order chi connectivity index (χ1) is 14.9. The second kappa shape index (κ2) is 7.29. The molecule has 3 unspecified atom stereocenters. The number of nitrogen functional groups attached to an aromatic ring is 2. The Labute approximate surface area is 176 Å². The van der Waals surface area contributed by atoms with E-state index in [0.29, 0.717) is 40.6 Å². The maximum absolute atomic E-state index is 13.6. The molecule has 0 amide bonds. The number of nitrogens with zero attached hydrogens (tertiary/aromatic N) is 4. The Balaban J connectivity index is 1.39. The Morgan fingerprint density at radius 3 is 2.71 bits per heavy atom. The molecule has 0 aliphatic heterocycles. The number of aliphatic hydroxyl groups is 2. The van der Waals surface area contributed by atoms with Crippen molar-refractivity contribution >= 4 is 33.6 Å². The van der Waals surface area contributed by atoms with Gasteiger partial charge in [-0.25, -0.2) is 19.3 Å². The van der Waals surface area contributed by atoms with Crippen molar-refractivity contribution in [1.29, 1.82) is 0 Å². The van der Waals surface area contributed by atoms with Crippen LogP contribution in [-0.4, -0.2) is 41.9 Å². The zero-order chi connectivity index (χ0) is 21.7. The summed E-state index contributed by atoms with van der Waals surface area (Å²) >= 11 is 0. The fraction of sp³-hybridized carbons (Fsp3) is 0.227. The van der Waals surface area contributed by atoms with Crippen LogP contribution in [0.3, 0.4) is 0 Å². The number of hydrogen-bond donors (Lipinski definition) is 4. The predicted octanol–water partition coefficient (Wildman–Crippen LogP) is 2.12. The Morgan fingerprint density at radius 2 is 1.87 bits per heavy atom. The minimum atomic E-state index is -0.997. The average molecular weight is 420 g/mol. The van der Waals surface area contributed by atoms with Crippen LogP contribution in [0.5, 0.6) is 0 Å². The van der Waals surface area contributed by atoms with Gasteiger partial charge in [-0.15, -0.1) is 0 Å². The quantitative estimate of drug-likeness (QED) is 0.371. The summed E-state index contributed by atoms with van der Waals surface area (Å²) in [5.74, 6) is -0.302. The highest BCUT2D eigenvalue weighted by Gasteiger charge is 2.36. The molecule has 0 bridgehead atoms. The van der Waals surface area contributed by atoms with Gasteiger partial charge in [0.2, 0.25) is 0 Å². The summed E-state index contributed by atoms with van der Waals surface area (Å²) in [5, 5.41) is 22.6. The van der Waals surface area contributed by atoms with Crippen LogP contribution in [-0.2, 0) is 6.42 Å². The summed E-state index contributed by atoms with van der Waals surface area (Å²) < 4.78 is 15.4. The molecule has 1 aliphatic carbocycles. The lowest BCUT2D eigenvalue weighted by atomic mass is 10.0. The molecule has 4 aromatic rings.